The molecule has 1 atom stereocenters. The molecule has 88 valence electrons. The maximum absolute atomic E-state index is 4.36. The van der Waals surface area contributed by atoms with Gasteiger partial charge in [0.1, 0.15) is 6.33 Å². The van der Waals surface area contributed by atoms with Crippen LogP contribution in [0.1, 0.15) is 30.3 Å². The van der Waals surface area contributed by atoms with E-state index in [2.05, 4.69) is 25.1 Å². The first-order chi connectivity index (χ1) is 8.43. The number of nitrogens with zero attached hydrogens (tertiary/aromatic N) is 4. The lowest BCUT2D eigenvalue weighted by Gasteiger charge is -2.22. The average molecular weight is 229 g/mol. The van der Waals surface area contributed by atoms with E-state index >= 15 is 0 Å². The van der Waals surface area contributed by atoms with Gasteiger partial charge in [-0.15, -0.1) is 0 Å². The largest absolute Gasteiger partial charge is 0.289 e. The van der Waals surface area contributed by atoms with Crippen LogP contribution in [0.4, 0.5) is 0 Å². The molecule has 3 rings (SSSR count). The number of H-pyrrole nitrogens is 1. The van der Waals surface area contributed by atoms with Gasteiger partial charge < -0.3 is 0 Å². The summed E-state index contributed by atoms with van der Waals surface area (Å²) < 4.78 is 0. The molecule has 1 aliphatic heterocycles. The molecule has 1 saturated heterocycles. The Morgan fingerprint density at radius 1 is 1.35 bits per heavy atom. The number of likely N-dealkylation sites (tertiary alicyclic amines) is 1. The van der Waals surface area contributed by atoms with Crippen LogP contribution in [-0.4, -0.2) is 31.6 Å². The number of hydrogen-bond acceptors (Lipinski definition) is 4. The Morgan fingerprint density at radius 2 is 2.35 bits per heavy atom. The Balaban J connectivity index is 1.76. The highest BCUT2D eigenvalue weighted by atomic mass is 15.2. The van der Waals surface area contributed by atoms with Gasteiger partial charge in [-0.25, -0.2) is 9.97 Å². The summed E-state index contributed by atoms with van der Waals surface area (Å²) in [5.41, 5.74) is 2.28. The van der Waals surface area contributed by atoms with Gasteiger partial charge in [0.05, 0.1) is 11.7 Å². The van der Waals surface area contributed by atoms with Crippen molar-refractivity contribution in [2.45, 2.75) is 25.4 Å². The molecule has 0 spiro atoms. The van der Waals surface area contributed by atoms with Gasteiger partial charge >= 0.3 is 0 Å². The summed E-state index contributed by atoms with van der Waals surface area (Å²) >= 11 is 0. The van der Waals surface area contributed by atoms with Crippen molar-refractivity contribution in [2.75, 3.05) is 6.54 Å². The Morgan fingerprint density at radius 3 is 3.12 bits per heavy atom. The molecule has 1 N–H and O–H groups in total. The predicted molar refractivity (Wildman–Crippen MR) is 63.0 cm³/mol. The molecule has 17 heavy (non-hydrogen) atoms. The van der Waals surface area contributed by atoms with Crippen molar-refractivity contribution in [3.05, 3.63) is 42.2 Å². The Kier molecular flexibility index (Phi) is 2.83. The highest BCUT2D eigenvalue weighted by Crippen LogP contribution is 2.31. The second-order valence-electron chi connectivity index (χ2n) is 4.34. The van der Waals surface area contributed by atoms with Gasteiger partial charge in [0.25, 0.3) is 0 Å². The fourth-order valence-electron chi connectivity index (χ4n) is 2.44. The molecule has 3 heterocycles. The van der Waals surface area contributed by atoms with Gasteiger partial charge in [-0.2, -0.15) is 5.10 Å². The Labute approximate surface area is 99.9 Å². The summed E-state index contributed by atoms with van der Waals surface area (Å²) in [6.07, 6.45) is 7.64. The number of rotatable bonds is 3. The number of aromatic nitrogens is 4. The third kappa shape index (κ3) is 2.19. The predicted octanol–water partition coefficient (Wildman–Crippen LogP) is 1.54. The summed E-state index contributed by atoms with van der Waals surface area (Å²) in [6.45, 7) is 2.03. The van der Waals surface area contributed by atoms with Crippen LogP contribution in [0.15, 0.2) is 30.9 Å². The molecule has 2 aromatic rings. The average Bonchev–Trinajstić information content (AvgIpc) is 3.02. The van der Waals surface area contributed by atoms with E-state index in [0.717, 1.165) is 24.5 Å². The molecule has 0 aliphatic carbocycles. The first-order valence-corrected chi connectivity index (χ1v) is 5.92. The van der Waals surface area contributed by atoms with Gasteiger partial charge in [0, 0.05) is 24.6 Å². The van der Waals surface area contributed by atoms with Crippen molar-refractivity contribution in [2.24, 2.45) is 0 Å². The molecule has 2 aromatic heterocycles. The quantitative estimate of drug-likeness (QED) is 0.867. The Bertz CT molecular complexity index is 453. The number of aromatic amines is 1. The monoisotopic (exact) mass is 229 g/mol. The van der Waals surface area contributed by atoms with E-state index in [1.54, 1.807) is 12.5 Å². The highest BCUT2D eigenvalue weighted by Gasteiger charge is 2.27. The van der Waals surface area contributed by atoms with Crippen molar-refractivity contribution in [1.29, 1.82) is 0 Å². The molecule has 1 fully saturated rings. The normalized spacial score (nSPS) is 20.8. The highest BCUT2D eigenvalue weighted by molar-refractivity contribution is 5.08. The Hall–Kier alpha value is -1.75. The van der Waals surface area contributed by atoms with Crippen LogP contribution in [-0.2, 0) is 6.54 Å². The lowest BCUT2D eigenvalue weighted by Crippen LogP contribution is -2.23. The third-order valence-corrected chi connectivity index (χ3v) is 3.24. The first kappa shape index (κ1) is 10.4. The lowest BCUT2D eigenvalue weighted by molar-refractivity contribution is 0.241. The van der Waals surface area contributed by atoms with Gasteiger partial charge in [-0.1, -0.05) is 0 Å². The maximum atomic E-state index is 4.36. The van der Waals surface area contributed by atoms with Crippen molar-refractivity contribution in [1.82, 2.24) is 25.1 Å². The van der Waals surface area contributed by atoms with Crippen molar-refractivity contribution < 1.29 is 0 Å². The zero-order chi connectivity index (χ0) is 11.5. The summed E-state index contributed by atoms with van der Waals surface area (Å²) in [5, 5.41) is 7.00. The summed E-state index contributed by atoms with van der Waals surface area (Å²) in [6, 6.07) is 4.45. The molecule has 0 bridgehead atoms. The summed E-state index contributed by atoms with van der Waals surface area (Å²) in [4.78, 5) is 10.8. The van der Waals surface area contributed by atoms with E-state index in [1.807, 2.05) is 18.3 Å². The summed E-state index contributed by atoms with van der Waals surface area (Å²) in [5.74, 6) is 0. The van der Waals surface area contributed by atoms with Gasteiger partial charge in [-0.05, 0) is 31.5 Å². The van der Waals surface area contributed by atoms with Crippen LogP contribution in [0.3, 0.4) is 0 Å². The number of hydrogen-bond donors (Lipinski definition) is 1. The van der Waals surface area contributed by atoms with E-state index < -0.39 is 0 Å². The molecule has 0 radical (unpaired) electrons. The molecule has 0 saturated carbocycles. The van der Waals surface area contributed by atoms with Crippen LogP contribution in [0.2, 0.25) is 0 Å². The van der Waals surface area contributed by atoms with Gasteiger partial charge in [-0.3, -0.25) is 10.00 Å². The second kappa shape index (κ2) is 4.63. The van der Waals surface area contributed by atoms with E-state index in [4.69, 9.17) is 0 Å². The van der Waals surface area contributed by atoms with Gasteiger partial charge in [0.2, 0.25) is 0 Å². The van der Waals surface area contributed by atoms with Crippen LogP contribution < -0.4 is 0 Å². The fourth-order valence-corrected chi connectivity index (χ4v) is 2.44. The van der Waals surface area contributed by atoms with Crippen molar-refractivity contribution in [3.63, 3.8) is 0 Å². The minimum Gasteiger partial charge on any atom is -0.289 e. The maximum Gasteiger partial charge on any atom is 0.115 e. The van der Waals surface area contributed by atoms with E-state index in [1.165, 1.54) is 12.8 Å². The standard InChI is InChI=1S/C12H15N5/c1-2-12(11-4-5-13-9-14-11)17(7-1)8-10-3-6-15-16-10/h3-6,9,12H,1-2,7-8H2,(H,15,16)/t12-/m0/s1. The molecule has 0 amide bonds. The zero-order valence-corrected chi connectivity index (χ0v) is 9.58. The fraction of sp³-hybridized carbons (Fsp3) is 0.417. The zero-order valence-electron chi connectivity index (χ0n) is 9.58. The van der Waals surface area contributed by atoms with E-state index in [9.17, 15) is 0 Å². The topological polar surface area (TPSA) is 57.7 Å². The second-order valence-corrected chi connectivity index (χ2v) is 4.34. The molecule has 0 unspecified atom stereocenters. The molecule has 5 nitrogen and oxygen atoms in total. The lowest BCUT2D eigenvalue weighted by atomic mass is 10.1. The molecule has 0 aromatic carbocycles. The molecule has 5 heteroatoms. The van der Waals surface area contributed by atoms with Crippen molar-refractivity contribution in [3.8, 4) is 0 Å². The molecule has 1 aliphatic rings. The van der Waals surface area contributed by atoms with Crippen molar-refractivity contribution >= 4 is 0 Å². The van der Waals surface area contributed by atoms with Crippen LogP contribution in [0, 0.1) is 0 Å². The van der Waals surface area contributed by atoms with Crippen LogP contribution in [0.25, 0.3) is 0 Å². The van der Waals surface area contributed by atoms with E-state index in [-0.39, 0.29) is 0 Å². The van der Waals surface area contributed by atoms with E-state index in [0.29, 0.717) is 6.04 Å². The molecular formula is C12H15N5. The third-order valence-electron chi connectivity index (χ3n) is 3.24. The first-order valence-electron chi connectivity index (χ1n) is 5.92. The summed E-state index contributed by atoms with van der Waals surface area (Å²) in [7, 11) is 0. The van der Waals surface area contributed by atoms with Crippen LogP contribution in [0.5, 0.6) is 0 Å². The molecular weight excluding hydrogens is 214 g/mol. The number of nitrogens with one attached hydrogen (secondary N) is 1. The van der Waals surface area contributed by atoms with Gasteiger partial charge in [0.15, 0.2) is 0 Å². The minimum absolute atomic E-state index is 0.418. The SMILES string of the molecule is c1cc([C@@H]2CCCN2Cc2ccn[nH]2)ncn1. The van der Waals surface area contributed by atoms with Crippen LogP contribution >= 0.6 is 0 Å². The minimum atomic E-state index is 0.418. The smallest absolute Gasteiger partial charge is 0.115 e.